The fraction of sp³-hybridized carbons (Fsp3) is 0.692. The van der Waals surface area contributed by atoms with Crippen molar-refractivity contribution in [2.45, 2.75) is 38.5 Å². The minimum absolute atomic E-state index is 0.0201. The van der Waals surface area contributed by atoms with Gasteiger partial charge >= 0.3 is 0 Å². The molecule has 1 fully saturated rings. The zero-order valence-corrected chi connectivity index (χ0v) is 12.0. The lowest BCUT2D eigenvalue weighted by Gasteiger charge is -2.13. The summed E-state index contributed by atoms with van der Waals surface area (Å²) in [5, 5.41) is 3.29. The molecule has 0 amide bonds. The van der Waals surface area contributed by atoms with Crippen LogP contribution in [0.1, 0.15) is 42.8 Å². The molecule has 1 aliphatic carbocycles. The third kappa shape index (κ3) is 2.45. The van der Waals surface area contributed by atoms with Crippen molar-refractivity contribution < 1.29 is 8.42 Å². The number of aryl methyl sites for hydroxylation is 1. The Labute approximate surface area is 113 Å². The van der Waals surface area contributed by atoms with E-state index in [1.54, 1.807) is 0 Å². The Morgan fingerprint density at radius 1 is 1.32 bits per heavy atom. The molecule has 1 atom stereocenters. The summed E-state index contributed by atoms with van der Waals surface area (Å²) in [5.74, 6) is 2.10. The minimum Gasteiger partial charge on any atom is -0.370 e. The van der Waals surface area contributed by atoms with Crippen LogP contribution >= 0.6 is 0 Å². The van der Waals surface area contributed by atoms with Crippen molar-refractivity contribution in [3.8, 4) is 0 Å². The number of sulfone groups is 1. The van der Waals surface area contributed by atoms with Crippen LogP contribution in [-0.2, 0) is 22.7 Å². The Balaban J connectivity index is 1.97. The van der Waals surface area contributed by atoms with Crippen molar-refractivity contribution in [2.75, 3.05) is 23.4 Å². The molecule has 1 unspecified atom stereocenters. The molecule has 3 rings (SSSR count). The maximum Gasteiger partial charge on any atom is 0.151 e. The van der Waals surface area contributed by atoms with Crippen LogP contribution in [-0.4, -0.2) is 36.4 Å². The first-order chi connectivity index (χ1) is 9.09. The van der Waals surface area contributed by atoms with E-state index in [4.69, 9.17) is 0 Å². The van der Waals surface area contributed by atoms with Crippen LogP contribution in [0.15, 0.2) is 0 Å². The quantitative estimate of drug-likeness (QED) is 0.904. The maximum absolute atomic E-state index is 11.6. The molecule has 1 saturated heterocycles. The lowest BCUT2D eigenvalue weighted by Crippen LogP contribution is -2.12. The van der Waals surface area contributed by atoms with Gasteiger partial charge in [0.05, 0.1) is 11.5 Å². The molecule has 1 N–H and O–H groups in total. The zero-order valence-electron chi connectivity index (χ0n) is 11.1. The van der Waals surface area contributed by atoms with E-state index in [2.05, 4.69) is 15.3 Å². The van der Waals surface area contributed by atoms with Crippen LogP contribution in [0.3, 0.4) is 0 Å². The third-order valence-electron chi connectivity index (χ3n) is 3.89. The van der Waals surface area contributed by atoms with Gasteiger partial charge in [-0.3, -0.25) is 0 Å². The summed E-state index contributed by atoms with van der Waals surface area (Å²) >= 11 is 0. The van der Waals surface area contributed by atoms with Gasteiger partial charge in [-0.05, 0) is 32.6 Å². The number of aromatic nitrogens is 2. The topological polar surface area (TPSA) is 72.0 Å². The van der Waals surface area contributed by atoms with Crippen LogP contribution in [0, 0.1) is 0 Å². The van der Waals surface area contributed by atoms with Crippen molar-refractivity contribution in [2.24, 2.45) is 0 Å². The van der Waals surface area contributed by atoms with Gasteiger partial charge in [0.25, 0.3) is 0 Å². The molecule has 1 aromatic heterocycles. The van der Waals surface area contributed by atoms with Gasteiger partial charge in [-0.15, -0.1) is 0 Å². The molecule has 2 aliphatic rings. The monoisotopic (exact) mass is 281 g/mol. The molecular weight excluding hydrogens is 262 g/mol. The Morgan fingerprint density at radius 2 is 2.16 bits per heavy atom. The van der Waals surface area contributed by atoms with Crippen molar-refractivity contribution in [3.63, 3.8) is 0 Å². The fourth-order valence-corrected chi connectivity index (χ4v) is 4.69. The van der Waals surface area contributed by atoms with Crippen LogP contribution in [0.2, 0.25) is 0 Å². The first-order valence-corrected chi connectivity index (χ1v) is 8.75. The predicted molar refractivity (Wildman–Crippen MR) is 74.2 cm³/mol. The van der Waals surface area contributed by atoms with Gasteiger partial charge in [-0.1, -0.05) is 0 Å². The summed E-state index contributed by atoms with van der Waals surface area (Å²) < 4.78 is 23.2. The maximum atomic E-state index is 11.6. The summed E-state index contributed by atoms with van der Waals surface area (Å²) in [7, 11) is -2.88. The van der Waals surface area contributed by atoms with Gasteiger partial charge in [-0.2, -0.15) is 0 Å². The van der Waals surface area contributed by atoms with E-state index in [9.17, 15) is 8.42 Å². The zero-order chi connectivity index (χ0) is 13.5. The highest BCUT2D eigenvalue weighted by molar-refractivity contribution is 7.91. The Kier molecular flexibility index (Phi) is 3.20. The van der Waals surface area contributed by atoms with Crippen molar-refractivity contribution in [1.82, 2.24) is 9.97 Å². The molecule has 1 aromatic rings. The van der Waals surface area contributed by atoms with E-state index in [-0.39, 0.29) is 17.4 Å². The second kappa shape index (κ2) is 4.74. The van der Waals surface area contributed by atoms with Crippen molar-refractivity contribution >= 4 is 15.7 Å². The lowest BCUT2D eigenvalue weighted by molar-refractivity contribution is 0.601. The SMILES string of the molecule is CCNc1nc(C2CCS(=O)(=O)C2)nc2c1CCC2. The standard InChI is InChI=1S/C13H19N3O2S/c1-2-14-13-10-4-3-5-11(10)15-12(16-13)9-6-7-19(17,18)8-9/h9H,2-8H2,1H3,(H,14,15,16). The molecule has 0 radical (unpaired) electrons. The van der Waals surface area contributed by atoms with Gasteiger partial charge < -0.3 is 5.32 Å². The number of rotatable bonds is 3. The van der Waals surface area contributed by atoms with Gasteiger partial charge in [0.1, 0.15) is 11.6 Å². The van der Waals surface area contributed by atoms with E-state index in [1.807, 2.05) is 6.92 Å². The number of hydrogen-bond acceptors (Lipinski definition) is 5. The predicted octanol–water partition coefficient (Wildman–Crippen LogP) is 1.30. The van der Waals surface area contributed by atoms with Gasteiger partial charge in [-0.25, -0.2) is 18.4 Å². The highest BCUT2D eigenvalue weighted by atomic mass is 32.2. The molecule has 0 aromatic carbocycles. The van der Waals surface area contributed by atoms with E-state index in [1.165, 1.54) is 5.56 Å². The Bertz CT molecular complexity index is 598. The first kappa shape index (κ1) is 12.8. The minimum atomic E-state index is -2.88. The third-order valence-corrected chi connectivity index (χ3v) is 5.66. The summed E-state index contributed by atoms with van der Waals surface area (Å²) in [6.45, 7) is 2.87. The van der Waals surface area contributed by atoms with Gasteiger partial charge in [0.15, 0.2) is 9.84 Å². The molecule has 19 heavy (non-hydrogen) atoms. The average Bonchev–Trinajstić information content (AvgIpc) is 2.95. The van der Waals surface area contributed by atoms with Crippen LogP contribution in [0.25, 0.3) is 0 Å². The molecule has 104 valence electrons. The van der Waals surface area contributed by atoms with E-state index in [0.717, 1.165) is 43.1 Å². The summed E-state index contributed by atoms with van der Waals surface area (Å²) in [5.41, 5.74) is 2.34. The second-order valence-electron chi connectivity index (χ2n) is 5.34. The van der Waals surface area contributed by atoms with Crippen LogP contribution < -0.4 is 5.32 Å². The van der Waals surface area contributed by atoms with Crippen LogP contribution in [0.4, 0.5) is 5.82 Å². The Hall–Kier alpha value is -1.17. The summed E-state index contributed by atoms with van der Waals surface area (Å²) in [6, 6.07) is 0. The normalized spacial score (nSPS) is 24.4. The number of fused-ring (bicyclic) bond motifs is 1. The van der Waals surface area contributed by atoms with E-state index < -0.39 is 9.84 Å². The molecule has 6 heteroatoms. The molecular formula is C13H19N3O2S. The highest BCUT2D eigenvalue weighted by Gasteiger charge is 2.32. The summed E-state index contributed by atoms with van der Waals surface area (Å²) in [6.07, 6.45) is 3.80. The molecule has 2 heterocycles. The first-order valence-electron chi connectivity index (χ1n) is 6.93. The van der Waals surface area contributed by atoms with Gasteiger partial charge in [0, 0.05) is 23.7 Å². The van der Waals surface area contributed by atoms with Crippen LogP contribution in [0.5, 0.6) is 0 Å². The largest absolute Gasteiger partial charge is 0.370 e. The van der Waals surface area contributed by atoms with E-state index in [0.29, 0.717) is 6.42 Å². The lowest BCUT2D eigenvalue weighted by atomic mass is 10.1. The molecule has 1 aliphatic heterocycles. The Morgan fingerprint density at radius 3 is 2.84 bits per heavy atom. The van der Waals surface area contributed by atoms with E-state index >= 15 is 0 Å². The molecule has 0 spiro atoms. The van der Waals surface area contributed by atoms with Gasteiger partial charge in [0.2, 0.25) is 0 Å². The number of hydrogen-bond donors (Lipinski definition) is 1. The highest BCUT2D eigenvalue weighted by Crippen LogP contribution is 2.31. The average molecular weight is 281 g/mol. The molecule has 5 nitrogen and oxygen atoms in total. The summed E-state index contributed by atoms with van der Waals surface area (Å²) in [4.78, 5) is 9.22. The fourth-order valence-electron chi connectivity index (χ4n) is 2.95. The van der Waals surface area contributed by atoms with Crippen molar-refractivity contribution in [1.29, 1.82) is 0 Å². The smallest absolute Gasteiger partial charge is 0.151 e. The number of nitrogens with one attached hydrogen (secondary N) is 1. The van der Waals surface area contributed by atoms with Crippen molar-refractivity contribution in [3.05, 3.63) is 17.1 Å². The number of nitrogens with zero attached hydrogens (tertiary/aromatic N) is 2. The molecule has 0 bridgehead atoms. The number of anilines is 1. The second-order valence-corrected chi connectivity index (χ2v) is 7.57. The molecule has 0 saturated carbocycles.